The Morgan fingerprint density at radius 2 is 1.82 bits per heavy atom. The van der Waals surface area contributed by atoms with Crippen molar-refractivity contribution >= 4 is 40.9 Å². The van der Waals surface area contributed by atoms with Crippen LogP contribution < -0.4 is 10.6 Å². The highest BCUT2D eigenvalue weighted by Gasteiger charge is 2.63. The third-order valence-corrected chi connectivity index (χ3v) is 6.03. The van der Waals surface area contributed by atoms with Crippen LogP contribution in [0.25, 0.3) is 0 Å². The molecule has 0 saturated heterocycles. The number of hydrogen-bond donors (Lipinski definition) is 2. The Morgan fingerprint density at radius 1 is 1.15 bits per heavy atom. The van der Waals surface area contributed by atoms with Gasteiger partial charge in [0.1, 0.15) is 11.5 Å². The van der Waals surface area contributed by atoms with E-state index in [1.165, 1.54) is 19.3 Å². The molecule has 1 aromatic carbocycles. The van der Waals surface area contributed by atoms with Crippen molar-refractivity contribution in [2.45, 2.75) is 31.3 Å². The van der Waals surface area contributed by atoms with Gasteiger partial charge in [0.25, 0.3) is 11.5 Å². The summed E-state index contributed by atoms with van der Waals surface area (Å²) in [5.41, 5.74) is -1.44. The number of hydrogen-bond acceptors (Lipinski definition) is 6. The molecule has 0 radical (unpaired) electrons. The summed E-state index contributed by atoms with van der Waals surface area (Å²) < 4.78 is 42.6. The minimum absolute atomic E-state index is 0.0463. The smallest absolute Gasteiger partial charge is 0.372 e. The Labute approximate surface area is 202 Å². The maximum absolute atomic E-state index is 14.2. The van der Waals surface area contributed by atoms with Crippen LogP contribution in [-0.4, -0.2) is 47.3 Å². The van der Waals surface area contributed by atoms with Gasteiger partial charge in [0.15, 0.2) is 0 Å². The van der Waals surface area contributed by atoms with E-state index in [0.29, 0.717) is 5.56 Å². The average molecular weight is 516 g/mol. The van der Waals surface area contributed by atoms with E-state index in [1.54, 1.807) is 11.0 Å². The van der Waals surface area contributed by atoms with Gasteiger partial charge >= 0.3 is 6.18 Å². The predicted molar refractivity (Wildman–Crippen MR) is 117 cm³/mol. The fourth-order valence-electron chi connectivity index (χ4n) is 3.77. The van der Waals surface area contributed by atoms with Gasteiger partial charge in [0.2, 0.25) is 5.91 Å². The van der Waals surface area contributed by atoms with Gasteiger partial charge in [0.05, 0.1) is 13.0 Å². The summed E-state index contributed by atoms with van der Waals surface area (Å²) in [7, 11) is 1.45. The molecule has 180 valence electrons. The molecule has 0 fully saturated rings. The largest absolute Gasteiger partial charge is 0.435 e. The molecule has 2 N–H and O–H groups in total. The first-order valence-corrected chi connectivity index (χ1v) is 10.8. The molecule has 13 heteroatoms. The molecule has 2 aliphatic rings. The molecule has 8 nitrogen and oxygen atoms in total. The fourth-order valence-corrected chi connectivity index (χ4v) is 4.30. The first-order valence-electron chi connectivity index (χ1n) is 10.0. The van der Waals surface area contributed by atoms with Crippen molar-refractivity contribution in [3.8, 4) is 0 Å². The lowest BCUT2D eigenvalue weighted by Gasteiger charge is -2.30. The van der Waals surface area contributed by atoms with E-state index in [4.69, 9.17) is 28.0 Å². The molecule has 4 rings (SSSR count). The number of fused-ring (bicyclic) bond motifs is 1. The molecule has 0 saturated carbocycles. The van der Waals surface area contributed by atoms with Gasteiger partial charge < -0.3 is 20.4 Å². The van der Waals surface area contributed by atoms with Crippen LogP contribution in [0.2, 0.25) is 10.0 Å². The van der Waals surface area contributed by atoms with Crippen LogP contribution in [-0.2, 0) is 28.3 Å². The number of nitrogens with one attached hydrogen (secondary N) is 2. The quantitative estimate of drug-likeness (QED) is 0.650. The minimum Gasteiger partial charge on any atom is -0.372 e. The zero-order valence-electron chi connectivity index (χ0n) is 17.7. The summed E-state index contributed by atoms with van der Waals surface area (Å²) in [6.07, 6.45) is -3.89. The Bertz CT molecular complexity index is 1170. The number of carbonyl (C=O) groups excluding carboxylic acids is 2. The van der Waals surface area contributed by atoms with Gasteiger partial charge in [-0.05, 0) is 35.4 Å². The van der Waals surface area contributed by atoms with Crippen molar-refractivity contribution < 1.29 is 27.6 Å². The van der Waals surface area contributed by atoms with E-state index >= 15 is 0 Å². The Hall–Kier alpha value is -3.05. The van der Waals surface area contributed by atoms with Crippen LogP contribution in [0, 0.1) is 0 Å². The van der Waals surface area contributed by atoms with E-state index in [9.17, 15) is 22.8 Å². The van der Waals surface area contributed by atoms with Crippen molar-refractivity contribution in [3.05, 3.63) is 62.9 Å². The number of halogens is 5. The van der Waals surface area contributed by atoms with Gasteiger partial charge in [-0.1, -0.05) is 28.4 Å². The second-order valence-electron chi connectivity index (χ2n) is 7.81. The SMILES string of the molecule is CNC(=O)CNC(=O)c1cc2c(cn1)CN(C1=NOC(c3cc(Cl)cc(Cl)c3)(C(F)(F)F)C1)C2. The molecule has 0 spiro atoms. The standard InChI is InChI=1S/C21H18Cl2F3N5O3/c1-27-18(32)8-29-19(33)16-2-11-9-31(10-12(11)7-28-16)17-6-20(34-30-17,21(24,25)26)13-3-14(22)5-15(23)4-13/h2-5,7H,6,8-10H2,1H3,(H,27,32)(H,29,33). The number of likely N-dealkylation sites (N-methyl/N-ethyl adjacent to an activating group) is 1. The summed E-state index contributed by atoms with van der Waals surface area (Å²) in [6.45, 7) is 0.246. The lowest BCUT2D eigenvalue weighted by atomic mass is 9.89. The van der Waals surface area contributed by atoms with Crippen LogP contribution in [0.4, 0.5) is 13.2 Å². The van der Waals surface area contributed by atoms with Gasteiger partial charge in [-0.15, -0.1) is 0 Å². The van der Waals surface area contributed by atoms with Crippen LogP contribution in [0.5, 0.6) is 0 Å². The Kier molecular flexibility index (Phi) is 6.34. The molecule has 1 atom stereocenters. The number of rotatable bonds is 4. The first-order chi connectivity index (χ1) is 16.0. The maximum atomic E-state index is 14.2. The van der Waals surface area contributed by atoms with E-state index in [2.05, 4.69) is 20.8 Å². The molecular weight excluding hydrogens is 498 g/mol. The van der Waals surface area contributed by atoms with Crippen molar-refractivity contribution in [3.63, 3.8) is 0 Å². The third kappa shape index (κ3) is 4.49. The molecular formula is C21H18Cl2F3N5O3. The van der Waals surface area contributed by atoms with E-state index in [1.807, 2.05) is 0 Å². The summed E-state index contributed by atoms with van der Waals surface area (Å²) in [5, 5.41) is 8.69. The average Bonchev–Trinajstić information content (AvgIpc) is 3.41. The van der Waals surface area contributed by atoms with Crippen molar-refractivity contribution in [1.29, 1.82) is 0 Å². The van der Waals surface area contributed by atoms with Crippen molar-refractivity contribution in [2.75, 3.05) is 13.6 Å². The highest BCUT2D eigenvalue weighted by Crippen LogP contribution is 2.49. The van der Waals surface area contributed by atoms with Crippen molar-refractivity contribution in [1.82, 2.24) is 20.5 Å². The number of amidine groups is 1. The normalized spacial score (nSPS) is 19.4. The number of benzene rings is 1. The molecule has 0 aliphatic carbocycles. The number of nitrogens with zero attached hydrogens (tertiary/aromatic N) is 3. The molecule has 1 unspecified atom stereocenters. The topological polar surface area (TPSA) is 95.9 Å². The van der Waals surface area contributed by atoms with E-state index < -0.39 is 24.1 Å². The molecule has 3 heterocycles. The Balaban J connectivity index is 1.52. The fraction of sp³-hybridized carbons (Fsp3) is 0.333. The lowest BCUT2D eigenvalue weighted by molar-refractivity contribution is -0.275. The molecule has 1 aromatic heterocycles. The first kappa shape index (κ1) is 24.1. The molecule has 0 bridgehead atoms. The van der Waals surface area contributed by atoms with Gasteiger partial charge in [-0.2, -0.15) is 13.2 Å². The van der Waals surface area contributed by atoms with Crippen LogP contribution in [0.15, 0.2) is 35.6 Å². The van der Waals surface area contributed by atoms with Crippen LogP contribution in [0.1, 0.15) is 33.6 Å². The monoisotopic (exact) mass is 515 g/mol. The zero-order chi connectivity index (χ0) is 24.7. The highest BCUT2D eigenvalue weighted by atomic mass is 35.5. The Morgan fingerprint density at radius 3 is 2.47 bits per heavy atom. The summed E-state index contributed by atoms with van der Waals surface area (Å²) in [5.74, 6) is -0.815. The van der Waals surface area contributed by atoms with Crippen LogP contribution in [0.3, 0.4) is 0 Å². The number of pyridine rings is 1. The highest BCUT2D eigenvalue weighted by molar-refractivity contribution is 6.34. The second kappa shape index (κ2) is 8.95. The second-order valence-corrected chi connectivity index (χ2v) is 8.68. The minimum atomic E-state index is -4.80. The van der Waals surface area contributed by atoms with Gasteiger partial charge in [-0.3, -0.25) is 14.6 Å². The third-order valence-electron chi connectivity index (χ3n) is 5.59. The lowest BCUT2D eigenvalue weighted by Crippen LogP contribution is -2.43. The summed E-state index contributed by atoms with van der Waals surface area (Å²) in [4.78, 5) is 34.3. The molecule has 2 aliphatic heterocycles. The molecule has 2 amide bonds. The number of amides is 2. The maximum Gasteiger partial charge on any atom is 0.435 e. The number of alkyl halides is 3. The predicted octanol–water partition coefficient (Wildman–Crippen LogP) is 3.37. The van der Waals surface area contributed by atoms with Crippen LogP contribution >= 0.6 is 23.2 Å². The van der Waals surface area contributed by atoms with E-state index in [0.717, 1.165) is 17.7 Å². The summed E-state index contributed by atoms with van der Waals surface area (Å²) >= 11 is 11.9. The molecule has 2 aromatic rings. The molecule has 34 heavy (non-hydrogen) atoms. The summed E-state index contributed by atoms with van der Waals surface area (Å²) in [6, 6.07) is 5.19. The number of aromatic nitrogens is 1. The zero-order valence-corrected chi connectivity index (χ0v) is 19.2. The van der Waals surface area contributed by atoms with Gasteiger partial charge in [0, 0.05) is 41.9 Å². The van der Waals surface area contributed by atoms with E-state index in [-0.39, 0.29) is 52.7 Å². The number of carbonyl (C=O) groups is 2. The van der Waals surface area contributed by atoms with Crippen molar-refractivity contribution in [2.24, 2.45) is 5.16 Å². The van der Waals surface area contributed by atoms with Gasteiger partial charge in [-0.25, -0.2) is 0 Å². The number of oxime groups is 1.